The van der Waals surface area contributed by atoms with Crippen LogP contribution in [0.15, 0.2) is 29.3 Å². The van der Waals surface area contributed by atoms with Gasteiger partial charge in [0.25, 0.3) is 0 Å². The predicted molar refractivity (Wildman–Crippen MR) is 56.4 cm³/mol. The third-order valence-corrected chi connectivity index (χ3v) is 2.26. The van der Waals surface area contributed by atoms with E-state index in [1.54, 1.807) is 18.2 Å². The Morgan fingerprint density at radius 1 is 1.56 bits per heavy atom. The molecule has 0 unspecified atom stereocenters. The molecule has 5 nitrogen and oxygen atoms in total. The molecule has 1 aliphatic heterocycles. The van der Waals surface area contributed by atoms with Gasteiger partial charge in [0.05, 0.1) is 12.7 Å². The molecule has 0 aromatic heterocycles. The fourth-order valence-corrected chi connectivity index (χ4v) is 1.43. The summed E-state index contributed by atoms with van der Waals surface area (Å²) in [4.78, 5) is 15.3. The summed E-state index contributed by atoms with van der Waals surface area (Å²) in [5.41, 5.74) is 0.480. The van der Waals surface area contributed by atoms with Gasteiger partial charge in [-0.2, -0.15) is 0 Å². The summed E-state index contributed by atoms with van der Waals surface area (Å²) in [6.45, 7) is 0.149. The number of hydrogen-bond acceptors (Lipinski definition) is 5. The first-order chi connectivity index (χ1) is 7.72. The van der Waals surface area contributed by atoms with E-state index in [0.717, 1.165) is 0 Å². The summed E-state index contributed by atoms with van der Waals surface area (Å²) in [5.74, 6) is -0.0920. The smallest absolute Gasteiger partial charge is 0.334 e. The number of benzene rings is 1. The van der Waals surface area contributed by atoms with Crippen molar-refractivity contribution in [1.29, 1.82) is 0 Å². The second-order valence-electron chi connectivity index (χ2n) is 3.30. The first-order valence-electron chi connectivity index (χ1n) is 4.79. The Labute approximate surface area is 92.3 Å². The standard InChI is InChI=1S/C11H11NO4/c1-15-11(14)8-6-16-10(12-8)7-4-2-3-5-9(7)13/h2-5,8,13H,6H2,1H3/t8-/m1/s1. The van der Waals surface area contributed by atoms with E-state index in [1.165, 1.54) is 13.2 Å². The number of phenolic OH excluding ortho intramolecular Hbond substituents is 1. The lowest BCUT2D eigenvalue weighted by molar-refractivity contribution is -0.142. The second-order valence-corrected chi connectivity index (χ2v) is 3.30. The number of para-hydroxylation sites is 1. The van der Waals surface area contributed by atoms with Gasteiger partial charge in [0.1, 0.15) is 12.4 Å². The Hall–Kier alpha value is -2.04. The van der Waals surface area contributed by atoms with Crippen LogP contribution in [0, 0.1) is 0 Å². The topological polar surface area (TPSA) is 68.1 Å². The lowest BCUT2D eigenvalue weighted by Crippen LogP contribution is -2.21. The van der Waals surface area contributed by atoms with Crippen LogP contribution >= 0.6 is 0 Å². The third-order valence-electron chi connectivity index (χ3n) is 2.26. The summed E-state index contributed by atoms with van der Waals surface area (Å²) < 4.78 is 9.80. The van der Waals surface area contributed by atoms with Crippen molar-refractivity contribution in [3.63, 3.8) is 0 Å². The van der Waals surface area contributed by atoms with Crippen LogP contribution in [-0.4, -0.2) is 36.7 Å². The maximum atomic E-state index is 11.2. The highest BCUT2D eigenvalue weighted by atomic mass is 16.5. The predicted octanol–water partition coefficient (Wildman–Crippen LogP) is 0.711. The van der Waals surface area contributed by atoms with Crippen LogP contribution in [0.5, 0.6) is 5.75 Å². The van der Waals surface area contributed by atoms with Crippen molar-refractivity contribution in [1.82, 2.24) is 0 Å². The molecule has 16 heavy (non-hydrogen) atoms. The molecule has 0 saturated carbocycles. The van der Waals surface area contributed by atoms with Gasteiger partial charge in [-0.05, 0) is 12.1 Å². The van der Waals surface area contributed by atoms with Crippen molar-refractivity contribution < 1.29 is 19.4 Å². The van der Waals surface area contributed by atoms with E-state index >= 15 is 0 Å². The molecular formula is C11H11NO4. The van der Waals surface area contributed by atoms with E-state index in [1.807, 2.05) is 0 Å². The molecule has 0 fully saturated rings. The van der Waals surface area contributed by atoms with Crippen molar-refractivity contribution in [2.24, 2.45) is 4.99 Å². The molecule has 0 radical (unpaired) electrons. The molecule has 0 bridgehead atoms. The Bertz CT molecular complexity index is 441. The molecule has 1 aromatic rings. The number of rotatable bonds is 2. The van der Waals surface area contributed by atoms with E-state index in [-0.39, 0.29) is 18.3 Å². The van der Waals surface area contributed by atoms with Crippen LogP contribution in [-0.2, 0) is 14.3 Å². The van der Waals surface area contributed by atoms with E-state index in [4.69, 9.17) is 4.74 Å². The number of nitrogens with zero attached hydrogens (tertiary/aromatic N) is 1. The quantitative estimate of drug-likeness (QED) is 0.747. The maximum Gasteiger partial charge on any atom is 0.334 e. The van der Waals surface area contributed by atoms with E-state index < -0.39 is 12.0 Å². The summed E-state index contributed by atoms with van der Waals surface area (Å²) >= 11 is 0. The van der Waals surface area contributed by atoms with Crippen molar-refractivity contribution in [2.45, 2.75) is 6.04 Å². The number of carbonyl (C=O) groups is 1. The van der Waals surface area contributed by atoms with Gasteiger partial charge in [-0.25, -0.2) is 9.79 Å². The van der Waals surface area contributed by atoms with Crippen LogP contribution in [0.1, 0.15) is 5.56 Å². The zero-order valence-corrected chi connectivity index (χ0v) is 8.71. The molecule has 84 valence electrons. The molecule has 1 aromatic carbocycles. The average molecular weight is 221 g/mol. The number of esters is 1. The van der Waals surface area contributed by atoms with Crippen molar-refractivity contribution >= 4 is 11.9 Å². The highest BCUT2D eigenvalue weighted by molar-refractivity contribution is 5.99. The molecule has 1 aliphatic rings. The van der Waals surface area contributed by atoms with Gasteiger partial charge in [-0.15, -0.1) is 0 Å². The van der Waals surface area contributed by atoms with E-state index in [0.29, 0.717) is 5.56 Å². The van der Waals surface area contributed by atoms with Crippen LogP contribution in [0.4, 0.5) is 0 Å². The largest absolute Gasteiger partial charge is 0.507 e. The molecule has 2 rings (SSSR count). The molecule has 5 heteroatoms. The van der Waals surface area contributed by atoms with Gasteiger partial charge >= 0.3 is 5.97 Å². The van der Waals surface area contributed by atoms with Gasteiger partial charge in [0, 0.05) is 0 Å². The fourth-order valence-electron chi connectivity index (χ4n) is 1.43. The molecule has 0 spiro atoms. The Kier molecular flexibility index (Phi) is 2.76. The van der Waals surface area contributed by atoms with E-state index in [9.17, 15) is 9.90 Å². The Balaban J connectivity index is 2.25. The monoisotopic (exact) mass is 221 g/mol. The van der Waals surface area contributed by atoms with Gasteiger partial charge in [0.2, 0.25) is 5.90 Å². The average Bonchev–Trinajstić information content (AvgIpc) is 2.78. The zero-order chi connectivity index (χ0) is 11.5. The summed E-state index contributed by atoms with van der Waals surface area (Å²) in [5, 5.41) is 9.58. The lowest BCUT2D eigenvalue weighted by Gasteiger charge is -2.02. The molecule has 0 saturated heterocycles. The van der Waals surface area contributed by atoms with Crippen LogP contribution in [0.2, 0.25) is 0 Å². The normalized spacial score (nSPS) is 18.8. The number of aromatic hydroxyl groups is 1. The molecule has 0 amide bonds. The molecule has 1 N–H and O–H groups in total. The summed E-state index contributed by atoms with van der Waals surface area (Å²) in [6, 6.07) is 6.03. The lowest BCUT2D eigenvalue weighted by atomic mass is 10.2. The second kappa shape index (κ2) is 4.22. The minimum absolute atomic E-state index is 0.0757. The number of phenols is 1. The van der Waals surface area contributed by atoms with Gasteiger partial charge < -0.3 is 14.6 Å². The Morgan fingerprint density at radius 2 is 2.31 bits per heavy atom. The number of methoxy groups -OCH3 is 1. The minimum Gasteiger partial charge on any atom is -0.507 e. The van der Waals surface area contributed by atoms with Crippen molar-refractivity contribution in [3.8, 4) is 5.75 Å². The summed E-state index contributed by atoms with van der Waals surface area (Å²) in [6.07, 6.45) is 0. The first kappa shape index (κ1) is 10.5. The number of carbonyl (C=O) groups excluding carboxylic acids is 1. The highest BCUT2D eigenvalue weighted by Gasteiger charge is 2.28. The van der Waals surface area contributed by atoms with Crippen LogP contribution < -0.4 is 0 Å². The maximum absolute atomic E-state index is 11.2. The van der Waals surface area contributed by atoms with E-state index in [2.05, 4.69) is 9.73 Å². The minimum atomic E-state index is -0.639. The summed E-state index contributed by atoms with van der Waals surface area (Å²) in [7, 11) is 1.30. The third kappa shape index (κ3) is 1.84. The number of hydrogen-bond donors (Lipinski definition) is 1. The SMILES string of the molecule is COC(=O)[C@H]1COC(c2ccccc2O)=N1. The zero-order valence-electron chi connectivity index (χ0n) is 8.71. The highest BCUT2D eigenvalue weighted by Crippen LogP contribution is 2.21. The first-order valence-corrected chi connectivity index (χ1v) is 4.79. The molecule has 1 heterocycles. The van der Waals surface area contributed by atoms with Crippen molar-refractivity contribution in [3.05, 3.63) is 29.8 Å². The van der Waals surface area contributed by atoms with Gasteiger partial charge in [-0.3, -0.25) is 0 Å². The number of ether oxygens (including phenoxy) is 2. The molecule has 1 atom stereocenters. The molecule has 0 aliphatic carbocycles. The molecular weight excluding hydrogens is 210 g/mol. The fraction of sp³-hybridized carbons (Fsp3) is 0.273. The van der Waals surface area contributed by atoms with Gasteiger partial charge in [0.15, 0.2) is 6.04 Å². The number of aliphatic imine (C=N–C) groups is 1. The Morgan fingerprint density at radius 3 is 3.00 bits per heavy atom. The van der Waals surface area contributed by atoms with Gasteiger partial charge in [-0.1, -0.05) is 12.1 Å². The van der Waals surface area contributed by atoms with Crippen molar-refractivity contribution in [2.75, 3.05) is 13.7 Å². The van der Waals surface area contributed by atoms with Crippen LogP contribution in [0.3, 0.4) is 0 Å². The van der Waals surface area contributed by atoms with Crippen LogP contribution in [0.25, 0.3) is 0 Å².